The molecule has 0 aliphatic rings. The molecule has 0 radical (unpaired) electrons. The second-order valence-electron chi connectivity index (χ2n) is 5.15. The van der Waals surface area contributed by atoms with Gasteiger partial charge in [0.25, 0.3) is 11.8 Å². The van der Waals surface area contributed by atoms with Crippen molar-refractivity contribution in [1.82, 2.24) is 4.98 Å². The van der Waals surface area contributed by atoms with Crippen LogP contribution in [0.1, 0.15) is 20.8 Å². The Labute approximate surface area is 162 Å². The fourth-order valence-corrected chi connectivity index (χ4v) is 3.17. The number of thiazole rings is 1. The topological polar surface area (TPSA) is 80.3 Å². The number of methoxy groups -OCH3 is 1. The van der Waals surface area contributed by atoms with Gasteiger partial charge in [-0.25, -0.2) is 4.98 Å². The van der Waals surface area contributed by atoms with Crippen LogP contribution in [0.4, 0.5) is 10.8 Å². The van der Waals surface area contributed by atoms with E-state index in [4.69, 9.17) is 4.74 Å². The molecule has 3 rings (SSSR count). The fraction of sp³-hybridized carbons (Fsp3) is 0.0556. The van der Waals surface area contributed by atoms with Gasteiger partial charge in [0.05, 0.1) is 12.8 Å². The van der Waals surface area contributed by atoms with E-state index in [2.05, 4.69) is 31.5 Å². The maximum absolute atomic E-state index is 12.3. The third kappa shape index (κ3) is 4.27. The van der Waals surface area contributed by atoms with Gasteiger partial charge in [-0.1, -0.05) is 12.1 Å². The molecule has 0 atom stereocenters. The molecule has 1 aromatic heterocycles. The van der Waals surface area contributed by atoms with Crippen molar-refractivity contribution in [3.05, 3.63) is 69.6 Å². The first-order valence-corrected chi connectivity index (χ1v) is 9.21. The molecule has 0 bridgehead atoms. The van der Waals surface area contributed by atoms with Crippen molar-refractivity contribution >= 4 is 49.9 Å². The number of amides is 2. The molecule has 26 heavy (non-hydrogen) atoms. The zero-order valence-electron chi connectivity index (χ0n) is 13.7. The molecular formula is C18H14BrN3O3S. The third-order valence-corrected chi connectivity index (χ3v) is 4.88. The summed E-state index contributed by atoms with van der Waals surface area (Å²) in [5.41, 5.74) is 1.35. The highest BCUT2D eigenvalue weighted by Crippen LogP contribution is 2.23. The normalized spacial score (nSPS) is 10.2. The standard InChI is InChI=1S/C18H14BrN3O3S/c1-25-12-8-6-11(7-9-12)16(23)22-18-21-15(10-26-18)17(24)20-14-5-3-2-4-13(14)19/h2-10H,1H3,(H,20,24)(H,21,22,23). The maximum atomic E-state index is 12.3. The quantitative estimate of drug-likeness (QED) is 0.626. The summed E-state index contributed by atoms with van der Waals surface area (Å²) in [7, 11) is 1.56. The van der Waals surface area contributed by atoms with Crippen LogP contribution in [0, 0.1) is 0 Å². The first kappa shape index (κ1) is 18.1. The number of halogens is 1. The van der Waals surface area contributed by atoms with Crippen LogP contribution in [0.15, 0.2) is 58.4 Å². The van der Waals surface area contributed by atoms with E-state index in [1.165, 1.54) is 11.3 Å². The number of rotatable bonds is 5. The number of carbonyl (C=O) groups excluding carboxylic acids is 2. The predicted molar refractivity (Wildman–Crippen MR) is 105 cm³/mol. The molecule has 0 unspecified atom stereocenters. The van der Waals surface area contributed by atoms with Gasteiger partial charge in [-0.05, 0) is 52.3 Å². The van der Waals surface area contributed by atoms with Gasteiger partial charge in [-0.3, -0.25) is 14.9 Å². The summed E-state index contributed by atoms with van der Waals surface area (Å²) in [6.07, 6.45) is 0. The zero-order chi connectivity index (χ0) is 18.5. The Balaban J connectivity index is 1.66. The Morgan fingerprint density at radius 3 is 2.46 bits per heavy atom. The minimum Gasteiger partial charge on any atom is -0.497 e. The summed E-state index contributed by atoms with van der Waals surface area (Å²) in [5, 5.41) is 7.40. The molecule has 0 fully saturated rings. The molecule has 0 spiro atoms. The summed E-state index contributed by atoms with van der Waals surface area (Å²) >= 11 is 4.56. The molecule has 0 saturated carbocycles. The van der Waals surface area contributed by atoms with E-state index in [-0.39, 0.29) is 17.5 Å². The van der Waals surface area contributed by atoms with Crippen LogP contribution >= 0.6 is 27.3 Å². The number of aromatic nitrogens is 1. The van der Waals surface area contributed by atoms with Gasteiger partial charge in [-0.15, -0.1) is 11.3 Å². The SMILES string of the molecule is COc1ccc(C(=O)Nc2nc(C(=O)Nc3ccccc3Br)cs2)cc1. The van der Waals surface area contributed by atoms with Crippen LogP contribution in [0.3, 0.4) is 0 Å². The molecule has 0 saturated heterocycles. The molecular weight excluding hydrogens is 418 g/mol. The lowest BCUT2D eigenvalue weighted by atomic mass is 10.2. The van der Waals surface area contributed by atoms with Crippen LogP contribution in [-0.4, -0.2) is 23.9 Å². The van der Waals surface area contributed by atoms with E-state index >= 15 is 0 Å². The van der Waals surface area contributed by atoms with E-state index < -0.39 is 0 Å². The summed E-state index contributed by atoms with van der Waals surface area (Å²) in [6, 6.07) is 14.0. The first-order valence-electron chi connectivity index (χ1n) is 7.53. The average molecular weight is 432 g/mol. The smallest absolute Gasteiger partial charge is 0.275 e. The van der Waals surface area contributed by atoms with E-state index in [0.29, 0.717) is 22.1 Å². The number of hydrogen-bond acceptors (Lipinski definition) is 5. The molecule has 6 nitrogen and oxygen atoms in total. The molecule has 2 amide bonds. The molecule has 0 aliphatic carbocycles. The number of anilines is 2. The number of nitrogens with zero attached hydrogens (tertiary/aromatic N) is 1. The van der Waals surface area contributed by atoms with Crippen LogP contribution in [0.2, 0.25) is 0 Å². The molecule has 2 N–H and O–H groups in total. The minimum absolute atomic E-state index is 0.232. The third-order valence-electron chi connectivity index (χ3n) is 3.43. The lowest BCUT2D eigenvalue weighted by molar-refractivity contribution is 0.101. The maximum Gasteiger partial charge on any atom is 0.275 e. The van der Waals surface area contributed by atoms with Gasteiger partial charge in [0.15, 0.2) is 5.13 Å². The fourth-order valence-electron chi connectivity index (χ4n) is 2.10. The van der Waals surface area contributed by atoms with Crippen LogP contribution < -0.4 is 15.4 Å². The van der Waals surface area contributed by atoms with Crippen molar-refractivity contribution in [1.29, 1.82) is 0 Å². The zero-order valence-corrected chi connectivity index (χ0v) is 16.1. The molecule has 132 valence electrons. The molecule has 1 heterocycles. The Kier molecular flexibility index (Phi) is 5.65. The predicted octanol–water partition coefficient (Wildman–Crippen LogP) is 4.42. The number of nitrogens with one attached hydrogen (secondary N) is 2. The van der Waals surface area contributed by atoms with Gasteiger partial charge in [0, 0.05) is 15.4 Å². The average Bonchev–Trinajstić information content (AvgIpc) is 3.12. The Hall–Kier alpha value is -2.71. The van der Waals surface area contributed by atoms with Gasteiger partial charge in [-0.2, -0.15) is 0 Å². The summed E-state index contributed by atoms with van der Waals surface area (Å²) in [5.74, 6) is 0.0136. The summed E-state index contributed by atoms with van der Waals surface area (Å²) in [4.78, 5) is 28.7. The van der Waals surface area contributed by atoms with E-state index in [1.54, 1.807) is 42.8 Å². The van der Waals surface area contributed by atoms with Crippen LogP contribution in [-0.2, 0) is 0 Å². The van der Waals surface area contributed by atoms with E-state index in [0.717, 1.165) is 4.47 Å². The van der Waals surface area contributed by atoms with Crippen molar-refractivity contribution in [2.45, 2.75) is 0 Å². The molecule has 3 aromatic rings. The first-order chi connectivity index (χ1) is 12.6. The highest BCUT2D eigenvalue weighted by molar-refractivity contribution is 9.10. The Morgan fingerprint density at radius 1 is 1.04 bits per heavy atom. The second kappa shape index (κ2) is 8.11. The Morgan fingerprint density at radius 2 is 1.77 bits per heavy atom. The Bertz CT molecular complexity index is 941. The monoisotopic (exact) mass is 431 g/mol. The molecule has 8 heteroatoms. The number of hydrogen-bond donors (Lipinski definition) is 2. The largest absolute Gasteiger partial charge is 0.497 e. The van der Waals surface area contributed by atoms with Crippen LogP contribution in [0.5, 0.6) is 5.75 Å². The van der Waals surface area contributed by atoms with Gasteiger partial charge in [0.1, 0.15) is 11.4 Å². The van der Waals surface area contributed by atoms with Crippen molar-refractivity contribution in [2.24, 2.45) is 0 Å². The van der Waals surface area contributed by atoms with Crippen molar-refractivity contribution in [3.63, 3.8) is 0 Å². The number of carbonyl (C=O) groups is 2. The van der Waals surface area contributed by atoms with Crippen LogP contribution in [0.25, 0.3) is 0 Å². The highest BCUT2D eigenvalue weighted by atomic mass is 79.9. The van der Waals surface area contributed by atoms with Crippen molar-refractivity contribution in [3.8, 4) is 5.75 Å². The molecule has 0 aliphatic heterocycles. The van der Waals surface area contributed by atoms with Crippen molar-refractivity contribution < 1.29 is 14.3 Å². The van der Waals surface area contributed by atoms with Gasteiger partial charge < -0.3 is 10.1 Å². The number of benzene rings is 2. The van der Waals surface area contributed by atoms with E-state index in [1.807, 2.05) is 18.2 Å². The minimum atomic E-state index is -0.349. The van der Waals surface area contributed by atoms with Gasteiger partial charge in [0.2, 0.25) is 0 Å². The van der Waals surface area contributed by atoms with E-state index in [9.17, 15) is 9.59 Å². The number of para-hydroxylation sites is 1. The molecule has 2 aromatic carbocycles. The summed E-state index contributed by atoms with van der Waals surface area (Å²) < 4.78 is 5.84. The van der Waals surface area contributed by atoms with Gasteiger partial charge >= 0.3 is 0 Å². The lowest BCUT2D eigenvalue weighted by Crippen LogP contribution is -2.14. The lowest BCUT2D eigenvalue weighted by Gasteiger charge is -2.05. The highest BCUT2D eigenvalue weighted by Gasteiger charge is 2.14. The second-order valence-corrected chi connectivity index (χ2v) is 6.87. The van der Waals surface area contributed by atoms with Crippen molar-refractivity contribution in [2.75, 3.05) is 17.7 Å². The summed E-state index contributed by atoms with van der Waals surface area (Å²) in [6.45, 7) is 0. The number of ether oxygens (including phenoxy) is 1.